The normalized spacial score (nSPS) is 11.9. The lowest BCUT2D eigenvalue weighted by molar-refractivity contribution is 0.0979. The number of hydrogen-bond donors (Lipinski definition) is 0. The molecule has 0 radical (unpaired) electrons. The molecule has 0 saturated heterocycles. The lowest BCUT2D eigenvalue weighted by atomic mass is 10.0. The predicted octanol–water partition coefficient (Wildman–Crippen LogP) is 4.29. The number of ketones is 1. The Balaban J connectivity index is 2.64. The molecule has 19 heavy (non-hydrogen) atoms. The van der Waals surface area contributed by atoms with Crippen LogP contribution in [0.1, 0.15) is 62.9 Å². The van der Waals surface area contributed by atoms with Crippen LogP contribution in [0.15, 0.2) is 24.3 Å². The topological polar surface area (TPSA) is 20.3 Å². The molecule has 0 bridgehead atoms. The van der Waals surface area contributed by atoms with Crippen molar-refractivity contribution in [2.45, 2.75) is 59.0 Å². The first kappa shape index (κ1) is 15.9. The van der Waals surface area contributed by atoms with E-state index in [0.29, 0.717) is 6.42 Å². The second kappa shape index (κ2) is 6.85. The molecule has 2 nitrogen and oxygen atoms in total. The van der Waals surface area contributed by atoms with E-state index >= 15 is 0 Å². The van der Waals surface area contributed by atoms with Gasteiger partial charge in [-0.05, 0) is 39.8 Å². The number of unbranched alkanes of at least 4 members (excludes halogenated alkanes) is 1. The lowest BCUT2D eigenvalue weighted by Gasteiger charge is -2.31. The number of Topliss-reactive ketones (excluding diaryl/α,β-unsaturated/α-hetero) is 1. The quantitative estimate of drug-likeness (QED) is 0.712. The minimum atomic E-state index is 0.162. The average molecular weight is 261 g/mol. The van der Waals surface area contributed by atoms with Crippen molar-refractivity contribution >= 4 is 5.78 Å². The Morgan fingerprint density at radius 1 is 1.16 bits per heavy atom. The van der Waals surface area contributed by atoms with Crippen LogP contribution in [0.5, 0.6) is 0 Å². The van der Waals surface area contributed by atoms with Crippen molar-refractivity contribution in [1.29, 1.82) is 0 Å². The van der Waals surface area contributed by atoms with E-state index in [1.54, 1.807) is 0 Å². The van der Waals surface area contributed by atoms with E-state index in [4.69, 9.17) is 0 Å². The Bertz CT molecular complexity index is 400. The third-order valence-electron chi connectivity index (χ3n) is 3.60. The van der Waals surface area contributed by atoms with Crippen LogP contribution >= 0.6 is 0 Å². The summed E-state index contributed by atoms with van der Waals surface area (Å²) in [6.45, 7) is 9.63. The summed E-state index contributed by atoms with van der Waals surface area (Å²) in [5.74, 6) is 0.262. The van der Waals surface area contributed by atoms with Crippen LogP contribution in [0.3, 0.4) is 0 Å². The van der Waals surface area contributed by atoms with E-state index < -0.39 is 0 Å². The van der Waals surface area contributed by atoms with E-state index in [1.165, 1.54) is 5.56 Å². The van der Waals surface area contributed by atoms with Crippen LogP contribution in [0.4, 0.5) is 0 Å². The lowest BCUT2D eigenvalue weighted by Crippen LogP contribution is -2.37. The van der Waals surface area contributed by atoms with Crippen LogP contribution in [-0.4, -0.2) is 23.3 Å². The Kier molecular flexibility index (Phi) is 5.74. The highest BCUT2D eigenvalue weighted by atomic mass is 16.1. The molecule has 0 fully saturated rings. The van der Waals surface area contributed by atoms with Gasteiger partial charge in [0.2, 0.25) is 0 Å². The highest BCUT2D eigenvalue weighted by molar-refractivity contribution is 5.96. The molecule has 0 spiro atoms. The van der Waals surface area contributed by atoms with Gasteiger partial charge in [-0.3, -0.25) is 9.69 Å². The number of rotatable bonds is 6. The highest BCUT2D eigenvalue weighted by Crippen LogP contribution is 2.16. The summed E-state index contributed by atoms with van der Waals surface area (Å²) in [5, 5.41) is 0. The summed E-state index contributed by atoms with van der Waals surface area (Å²) >= 11 is 0. The highest BCUT2D eigenvalue weighted by Gasteiger charge is 2.16. The standard InChI is InChI=1S/C17H27NO/c1-6-7-8-16(19)15-11-9-14(10-12-15)13-18(5)17(2,3)4/h9-12H,6-8,13H2,1-5H3. The van der Waals surface area contributed by atoms with Gasteiger partial charge in [0.1, 0.15) is 0 Å². The fraction of sp³-hybridized carbons (Fsp3) is 0.588. The van der Waals surface area contributed by atoms with Crippen molar-refractivity contribution < 1.29 is 4.79 Å². The molecule has 0 aliphatic carbocycles. The Hall–Kier alpha value is -1.15. The molecule has 0 aliphatic heterocycles. The maximum atomic E-state index is 11.9. The molecule has 0 heterocycles. The first-order chi connectivity index (χ1) is 8.84. The fourth-order valence-corrected chi connectivity index (χ4v) is 1.79. The number of carbonyl (C=O) groups is 1. The monoisotopic (exact) mass is 261 g/mol. The summed E-state index contributed by atoms with van der Waals surface area (Å²) in [6.07, 6.45) is 2.71. The Morgan fingerprint density at radius 3 is 2.21 bits per heavy atom. The number of hydrogen-bond acceptors (Lipinski definition) is 2. The van der Waals surface area contributed by atoms with Gasteiger partial charge >= 0.3 is 0 Å². The largest absolute Gasteiger partial charge is 0.297 e. The van der Waals surface area contributed by atoms with Crippen molar-refractivity contribution in [2.75, 3.05) is 7.05 Å². The molecule has 106 valence electrons. The van der Waals surface area contributed by atoms with Gasteiger partial charge in [0.25, 0.3) is 0 Å². The Labute approximate surface area is 117 Å². The van der Waals surface area contributed by atoms with Crippen LogP contribution in [0.2, 0.25) is 0 Å². The SMILES string of the molecule is CCCCC(=O)c1ccc(CN(C)C(C)(C)C)cc1. The molecule has 0 aliphatic rings. The number of nitrogens with zero attached hydrogens (tertiary/aromatic N) is 1. The molecule has 0 amide bonds. The molecule has 1 aromatic carbocycles. The van der Waals surface area contributed by atoms with Crippen LogP contribution in [-0.2, 0) is 6.54 Å². The van der Waals surface area contributed by atoms with Crippen molar-refractivity contribution in [3.63, 3.8) is 0 Å². The van der Waals surface area contributed by atoms with E-state index in [2.05, 4.69) is 51.8 Å². The van der Waals surface area contributed by atoms with E-state index in [1.807, 2.05) is 12.1 Å². The molecule has 0 N–H and O–H groups in total. The first-order valence-corrected chi connectivity index (χ1v) is 7.18. The second-order valence-corrected chi connectivity index (χ2v) is 6.25. The zero-order valence-electron chi connectivity index (χ0n) is 13.0. The average Bonchev–Trinajstić information content (AvgIpc) is 2.35. The van der Waals surface area contributed by atoms with Gasteiger partial charge in [-0.2, -0.15) is 0 Å². The molecular weight excluding hydrogens is 234 g/mol. The predicted molar refractivity (Wildman–Crippen MR) is 81.5 cm³/mol. The fourth-order valence-electron chi connectivity index (χ4n) is 1.79. The smallest absolute Gasteiger partial charge is 0.162 e. The zero-order valence-corrected chi connectivity index (χ0v) is 13.0. The van der Waals surface area contributed by atoms with Crippen LogP contribution < -0.4 is 0 Å². The van der Waals surface area contributed by atoms with Crippen molar-refractivity contribution in [2.24, 2.45) is 0 Å². The van der Waals surface area contributed by atoms with Gasteiger partial charge in [0.15, 0.2) is 5.78 Å². The molecule has 0 saturated carbocycles. The molecule has 0 atom stereocenters. The summed E-state index contributed by atoms with van der Waals surface area (Å²) < 4.78 is 0. The maximum Gasteiger partial charge on any atom is 0.162 e. The van der Waals surface area contributed by atoms with Crippen molar-refractivity contribution in [3.8, 4) is 0 Å². The summed E-state index contributed by atoms with van der Waals surface area (Å²) in [6, 6.07) is 8.07. The van der Waals surface area contributed by atoms with Crippen LogP contribution in [0, 0.1) is 0 Å². The number of benzene rings is 1. The minimum Gasteiger partial charge on any atom is -0.297 e. The molecule has 1 rings (SSSR count). The number of carbonyl (C=O) groups excluding carboxylic acids is 1. The second-order valence-electron chi connectivity index (χ2n) is 6.25. The van der Waals surface area contributed by atoms with E-state index in [0.717, 1.165) is 24.9 Å². The van der Waals surface area contributed by atoms with Gasteiger partial charge in [-0.15, -0.1) is 0 Å². The third kappa shape index (κ3) is 5.15. The van der Waals surface area contributed by atoms with Gasteiger partial charge < -0.3 is 0 Å². The van der Waals surface area contributed by atoms with E-state index in [9.17, 15) is 4.79 Å². The molecule has 1 aromatic rings. The van der Waals surface area contributed by atoms with Gasteiger partial charge in [0.05, 0.1) is 0 Å². The van der Waals surface area contributed by atoms with Crippen molar-refractivity contribution in [3.05, 3.63) is 35.4 Å². The molecule has 0 unspecified atom stereocenters. The summed E-state index contributed by atoms with van der Waals surface area (Å²) in [4.78, 5) is 14.2. The molecule has 2 heteroatoms. The van der Waals surface area contributed by atoms with Gasteiger partial charge in [-0.1, -0.05) is 37.6 Å². The summed E-state index contributed by atoms with van der Waals surface area (Å²) in [7, 11) is 2.13. The van der Waals surface area contributed by atoms with Crippen LogP contribution in [0.25, 0.3) is 0 Å². The summed E-state index contributed by atoms with van der Waals surface area (Å²) in [5.41, 5.74) is 2.26. The maximum absolute atomic E-state index is 11.9. The minimum absolute atomic E-state index is 0.162. The van der Waals surface area contributed by atoms with Crippen molar-refractivity contribution in [1.82, 2.24) is 4.90 Å². The Morgan fingerprint density at radius 2 is 1.74 bits per heavy atom. The van der Waals surface area contributed by atoms with E-state index in [-0.39, 0.29) is 11.3 Å². The molecule has 0 aromatic heterocycles. The van der Waals surface area contributed by atoms with Gasteiger partial charge in [-0.25, -0.2) is 0 Å². The first-order valence-electron chi connectivity index (χ1n) is 7.18. The third-order valence-corrected chi connectivity index (χ3v) is 3.60. The zero-order chi connectivity index (χ0) is 14.5. The van der Waals surface area contributed by atoms with Gasteiger partial charge in [0, 0.05) is 24.1 Å². The molecular formula is C17H27NO.